The van der Waals surface area contributed by atoms with Crippen molar-refractivity contribution in [3.63, 3.8) is 0 Å². The summed E-state index contributed by atoms with van der Waals surface area (Å²) in [6, 6.07) is 3.45. The van der Waals surface area contributed by atoms with Crippen molar-refractivity contribution >= 4 is 17.4 Å². The molecule has 0 unspecified atom stereocenters. The Morgan fingerprint density at radius 2 is 2.28 bits per heavy atom. The molecule has 0 saturated carbocycles. The van der Waals surface area contributed by atoms with Gasteiger partial charge >= 0.3 is 0 Å². The fraction of sp³-hybridized carbons (Fsp3) is 0.455. The van der Waals surface area contributed by atoms with Gasteiger partial charge in [-0.2, -0.15) is 4.98 Å². The highest BCUT2D eigenvalue weighted by Crippen LogP contribution is 2.20. The molecule has 1 aromatic rings. The molecule has 0 aliphatic carbocycles. The molecule has 1 rings (SSSR count). The predicted molar refractivity (Wildman–Crippen MR) is 68.3 cm³/mol. The number of rotatable bonds is 8. The summed E-state index contributed by atoms with van der Waals surface area (Å²) in [5.74, 6) is 0.551. The number of anilines is 2. The number of primary amides is 1. The van der Waals surface area contributed by atoms with E-state index in [4.69, 9.17) is 20.9 Å². The Morgan fingerprint density at radius 1 is 1.50 bits per heavy atom. The number of aromatic nitrogens is 1. The Hall–Kier alpha value is -2.02. The van der Waals surface area contributed by atoms with Crippen LogP contribution >= 0.6 is 0 Å². The highest BCUT2D eigenvalue weighted by Gasteiger charge is 2.03. The zero-order chi connectivity index (χ0) is 13.4. The van der Waals surface area contributed by atoms with E-state index in [0.29, 0.717) is 37.1 Å². The number of carbonyl (C=O) groups is 1. The van der Waals surface area contributed by atoms with Crippen LogP contribution in [0.4, 0.5) is 11.5 Å². The molecule has 100 valence electrons. The number of hydrogen-bond acceptors (Lipinski definition) is 6. The number of pyridine rings is 1. The Bertz CT molecular complexity index is 398. The topological polar surface area (TPSA) is 112 Å². The third-order valence-electron chi connectivity index (χ3n) is 1.97. The quantitative estimate of drug-likeness (QED) is 0.562. The van der Waals surface area contributed by atoms with Crippen LogP contribution in [0.3, 0.4) is 0 Å². The molecule has 0 aliphatic rings. The van der Waals surface area contributed by atoms with Gasteiger partial charge < -0.3 is 26.3 Å². The van der Waals surface area contributed by atoms with Gasteiger partial charge in [0.15, 0.2) is 0 Å². The average Bonchev–Trinajstić information content (AvgIpc) is 2.32. The van der Waals surface area contributed by atoms with E-state index in [1.807, 2.05) is 6.92 Å². The lowest BCUT2D eigenvalue weighted by Crippen LogP contribution is -2.20. The Kier molecular flexibility index (Phi) is 5.72. The maximum atomic E-state index is 10.4. The highest BCUT2D eigenvalue weighted by molar-refractivity contribution is 5.74. The largest absolute Gasteiger partial charge is 0.476 e. The average molecular weight is 254 g/mol. The predicted octanol–water partition coefficient (Wildman–Crippen LogP) is -0.0237. The molecule has 0 saturated heterocycles. The summed E-state index contributed by atoms with van der Waals surface area (Å²) in [5.41, 5.74) is 11.1. The molecule has 1 amide bonds. The molecule has 7 heteroatoms. The van der Waals surface area contributed by atoms with Crippen molar-refractivity contribution < 1.29 is 14.3 Å². The summed E-state index contributed by atoms with van der Waals surface area (Å²) in [7, 11) is 0. The summed E-state index contributed by atoms with van der Waals surface area (Å²) in [6.07, 6.45) is 0. The lowest BCUT2D eigenvalue weighted by molar-refractivity contribution is -0.122. The first-order chi connectivity index (χ1) is 8.63. The van der Waals surface area contributed by atoms with Gasteiger partial charge in [-0.1, -0.05) is 0 Å². The van der Waals surface area contributed by atoms with E-state index in [-0.39, 0.29) is 6.61 Å². The fourth-order valence-corrected chi connectivity index (χ4v) is 1.23. The molecule has 0 aromatic carbocycles. The molecule has 5 N–H and O–H groups in total. The lowest BCUT2D eigenvalue weighted by Gasteiger charge is -2.09. The minimum atomic E-state index is -0.487. The van der Waals surface area contributed by atoms with Crippen molar-refractivity contribution in [2.45, 2.75) is 6.92 Å². The van der Waals surface area contributed by atoms with Gasteiger partial charge in [-0.25, -0.2) is 0 Å². The van der Waals surface area contributed by atoms with Crippen LogP contribution in [0.1, 0.15) is 6.92 Å². The molecular formula is C11H18N4O3. The van der Waals surface area contributed by atoms with Crippen LogP contribution in [-0.4, -0.2) is 37.3 Å². The van der Waals surface area contributed by atoms with Crippen LogP contribution in [0.15, 0.2) is 12.1 Å². The lowest BCUT2D eigenvalue weighted by atomic mass is 10.4. The van der Waals surface area contributed by atoms with Crippen molar-refractivity contribution in [3.05, 3.63) is 12.1 Å². The summed E-state index contributed by atoms with van der Waals surface area (Å²) in [6.45, 7) is 3.15. The maximum Gasteiger partial charge on any atom is 0.243 e. The SMILES string of the molecule is CCOc1nc(NCCOCC(N)=O)ccc1N. The second kappa shape index (κ2) is 7.33. The molecule has 0 fully saturated rings. The van der Waals surface area contributed by atoms with Gasteiger partial charge in [0.25, 0.3) is 0 Å². The maximum absolute atomic E-state index is 10.4. The van der Waals surface area contributed by atoms with E-state index in [2.05, 4.69) is 10.3 Å². The van der Waals surface area contributed by atoms with E-state index in [1.165, 1.54) is 0 Å². The highest BCUT2D eigenvalue weighted by atomic mass is 16.5. The summed E-state index contributed by atoms with van der Waals surface area (Å²) in [5, 5.41) is 3.02. The minimum absolute atomic E-state index is 0.0823. The molecule has 0 spiro atoms. The minimum Gasteiger partial charge on any atom is -0.476 e. The summed E-state index contributed by atoms with van der Waals surface area (Å²) < 4.78 is 10.3. The second-order valence-electron chi connectivity index (χ2n) is 3.47. The molecule has 1 aromatic heterocycles. The van der Waals surface area contributed by atoms with Crippen molar-refractivity contribution in [3.8, 4) is 5.88 Å². The fourth-order valence-electron chi connectivity index (χ4n) is 1.23. The van der Waals surface area contributed by atoms with Crippen molar-refractivity contribution in [2.24, 2.45) is 5.73 Å². The molecule has 1 heterocycles. The smallest absolute Gasteiger partial charge is 0.243 e. The molecule has 0 bridgehead atoms. The van der Waals surface area contributed by atoms with Gasteiger partial charge in [-0.3, -0.25) is 4.79 Å². The van der Waals surface area contributed by atoms with E-state index >= 15 is 0 Å². The Balaban J connectivity index is 2.38. The first kappa shape index (κ1) is 14.0. The van der Waals surface area contributed by atoms with Gasteiger partial charge in [0.05, 0.1) is 18.9 Å². The second-order valence-corrected chi connectivity index (χ2v) is 3.47. The van der Waals surface area contributed by atoms with Gasteiger partial charge in [0.2, 0.25) is 11.8 Å². The summed E-state index contributed by atoms with van der Waals surface area (Å²) >= 11 is 0. The van der Waals surface area contributed by atoms with E-state index < -0.39 is 5.91 Å². The Labute approximate surface area is 105 Å². The first-order valence-corrected chi connectivity index (χ1v) is 5.62. The van der Waals surface area contributed by atoms with E-state index in [0.717, 1.165) is 0 Å². The van der Waals surface area contributed by atoms with Crippen LogP contribution < -0.4 is 21.5 Å². The number of nitrogen functional groups attached to an aromatic ring is 1. The Morgan fingerprint density at radius 3 is 2.94 bits per heavy atom. The van der Waals surface area contributed by atoms with Gasteiger partial charge in [-0.05, 0) is 19.1 Å². The summed E-state index contributed by atoms with van der Waals surface area (Å²) in [4.78, 5) is 14.6. The molecular weight excluding hydrogens is 236 g/mol. The molecule has 0 radical (unpaired) electrons. The number of nitrogens with two attached hydrogens (primary N) is 2. The zero-order valence-electron chi connectivity index (χ0n) is 10.3. The van der Waals surface area contributed by atoms with Crippen LogP contribution in [0.5, 0.6) is 5.88 Å². The standard InChI is InChI=1S/C11H18N4O3/c1-2-18-11-8(12)3-4-10(15-11)14-5-6-17-7-9(13)16/h3-4H,2,5-7,12H2,1H3,(H2,13,16)(H,14,15). The van der Waals surface area contributed by atoms with Gasteiger partial charge in [0.1, 0.15) is 12.4 Å². The molecule has 7 nitrogen and oxygen atoms in total. The molecule has 0 atom stereocenters. The molecule has 0 aliphatic heterocycles. The van der Waals surface area contributed by atoms with Crippen LogP contribution in [0.2, 0.25) is 0 Å². The number of amides is 1. The van der Waals surface area contributed by atoms with Crippen molar-refractivity contribution in [2.75, 3.05) is 37.4 Å². The van der Waals surface area contributed by atoms with Crippen LogP contribution in [-0.2, 0) is 9.53 Å². The number of nitrogens with one attached hydrogen (secondary N) is 1. The van der Waals surface area contributed by atoms with Gasteiger partial charge in [-0.15, -0.1) is 0 Å². The number of carbonyl (C=O) groups excluding carboxylic acids is 1. The zero-order valence-corrected chi connectivity index (χ0v) is 10.3. The normalized spacial score (nSPS) is 10.1. The molecule has 18 heavy (non-hydrogen) atoms. The monoisotopic (exact) mass is 254 g/mol. The number of ether oxygens (including phenoxy) is 2. The third-order valence-corrected chi connectivity index (χ3v) is 1.97. The van der Waals surface area contributed by atoms with Gasteiger partial charge in [0, 0.05) is 6.54 Å². The third kappa shape index (κ3) is 4.88. The number of hydrogen-bond donors (Lipinski definition) is 3. The van der Waals surface area contributed by atoms with Crippen LogP contribution in [0, 0.1) is 0 Å². The first-order valence-electron chi connectivity index (χ1n) is 5.62. The van der Waals surface area contributed by atoms with Crippen molar-refractivity contribution in [1.82, 2.24) is 4.98 Å². The number of nitrogens with zero attached hydrogens (tertiary/aromatic N) is 1. The van der Waals surface area contributed by atoms with Crippen LogP contribution in [0.25, 0.3) is 0 Å². The van der Waals surface area contributed by atoms with E-state index in [9.17, 15) is 4.79 Å². The van der Waals surface area contributed by atoms with Crippen molar-refractivity contribution in [1.29, 1.82) is 0 Å². The van der Waals surface area contributed by atoms with E-state index in [1.54, 1.807) is 12.1 Å².